The molecule has 16 heavy (non-hydrogen) atoms. The fourth-order valence-corrected chi connectivity index (χ4v) is 2.20. The van der Waals surface area contributed by atoms with E-state index in [1.165, 1.54) is 6.92 Å². The van der Waals surface area contributed by atoms with Crippen molar-refractivity contribution in [3.05, 3.63) is 15.6 Å². The molecule has 0 saturated heterocycles. The maximum Gasteiger partial charge on any atom is 0.434 e. The number of hydrogen-bond donors (Lipinski definition) is 0. The first kappa shape index (κ1) is 13.2. The van der Waals surface area contributed by atoms with E-state index in [-0.39, 0.29) is 9.88 Å². The third-order valence-electron chi connectivity index (χ3n) is 1.89. The summed E-state index contributed by atoms with van der Waals surface area (Å²) in [5, 5.41) is 0.250. The predicted molar refractivity (Wildman–Crippen MR) is 55.6 cm³/mol. The number of nitrogens with zero attached hydrogens (tertiary/aromatic N) is 1. The fourth-order valence-electron chi connectivity index (χ4n) is 1.11. The Labute approximate surface area is 95.5 Å². The summed E-state index contributed by atoms with van der Waals surface area (Å²) in [6, 6.07) is 0. The number of aryl methyl sites for hydroxylation is 1. The zero-order chi connectivity index (χ0) is 12.7. The van der Waals surface area contributed by atoms with Crippen LogP contribution >= 0.6 is 11.3 Å². The van der Waals surface area contributed by atoms with E-state index in [2.05, 4.69) is 4.98 Å². The summed E-state index contributed by atoms with van der Waals surface area (Å²) in [6.45, 7) is 6.22. The lowest BCUT2D eigenvalue weighted by molar-refractivity contribution is -0.141. The van der Waals surface area contributed by atoms with Crippen LogP contribution in [-0.4, -0.2) is 10.8 Å². The monoisotopic (exact) mass is 251 g/mol. The van der Waals surface area contributed by atoms with Crippen molar-refractivity contribution in [1.29, 1.82) is 0 Å². The van der Waals surface area contributed by atoms with E-state index in [0.29, 0.717) is 0 Å². The minimum Gasteiger partial charge on any atom is -0.293 e. The maximum atomic E-state index is 12.6. The zero-order valence-electron chi connectivity index (χ0n) is 9.40. The van der Waals surface area contributed by atoms with Crippen molar-refractivity contribution in [2.75, 3.05) is 0 Å². The highest BCUT2D eigenvalue weighted by Gasteiger charge is 2.41. The Kier molecular flexibility index (Phi) is 3.15. The second-order valence-electron chi connectivity index (χ2n) is 4.49. The second-order valence-corrected chi connectivity index (χ2v) is 5.69. The van der Waals surface area contributed by atoms with Gasteiger partial charge in [-0.05, 0) is 6.92 Å². The minimum absolute atomic E-state index is 0.250. The lowest BCUT2D eigenvalue weighted by Gasteiger charge is -2.16. The summed E-state index contributed by atoms with van der Waals surface area (Å²) in [7, 11) is 0. The molecule has 0 unspecified atom stereocenters. The van der Waals surface area contributed by atoms with Crippen molar-refractivity contribution >= 4 is 17.1 Å². The summed E-state index contributed by atoms with van der Waals surface area (Å²) < 4.78 is 37.8. The van der Waals surface area contributed by atoms with Crippen LogP contribution < -0.4 is 0 Å². The van der Waals surface area contributed by atoms with Crippen molar-refractivity contribution in [2.24, 2.45) is 5.41 Å². The summed E-state index contributed by atoms with van der Waals surface area (Å²) in [4.78, 5) is 14.9. The van der Waals surface area contributed by atoms with Crippen molar-refractivity contribution in [3.8, 4) is 0 Å². The molecular weight excluding hydrogens is 239 g/mol. The van der Waals surface area contributed by atoms with Crippen molar-refractivity contribution in [2.45, 2.75) is 33.9 Å². The number of alkyl halides is 3. The molecule has 1 heterocycles. The smallest absolute Gasteiger partial charge is 0.293 e. The van der Waals surface area contributed by atoms with Gasteiger partial charge in [0.2, 0.25) is 0 Å². The van der Waals surface area contributed by atoms with Gasteiger partial charge in [-0.2, -0.15) is 13.2 Å². The Morgan fingerprint density at radius 1 is 1.25 bits per heavy atom. The zero-order valence-corrected chi connectivity index (χ0v) is 10.2. The quantitative estimate of drug-likeness (QED) is 0.712. The summed E-state index contributed by atoms with van der Waals surface area (Å²) in [5.74, 6) is -0.523. The molecule has 0 radical (unpaired) electrons. The molecule has 0 spiro atoms. The molecule has 0 N–H and O–H groups in total. The summed E-state index contributed by atoms with van der Waals surface area (Å²) in [6.07, 6.45) is -4.57. The van der Waals surface area contributed by atoms with E-state index < -0.39 is 23.1 Å². The van der Waals surface area contributed by atoms with Gasteiger partial charge in [0.15, 0.2) is 11.5 Å². The first-order valence-corrected chi connectivity index (χ1v) is 5.44. The van der Waals surface area contributed by atoms with Crippen LogP contribution in [-0.2, 0) is 6.18 Å². The molecule has 0 aliphatic heterocycles. The topological polar surface area (TPSA) is 30.0 Å². The third kappa shape index (κ3) is 2.61. The van der Waals surface area contributed by atoms with Gasteiger partial charge in [-0.1, -0.05) is 20.8 Å². The molecule has 0 aliphatic carbocycles. The van der Waals surface area contributed by atoms with Crippen LogP contribution in [0.5, 0.6) is 0 Å². The van der Waals surface area contributed by atoms with Crippen LogP contribution in [0.25, 0.3) is 0 Å². The van der Waals surface area contributed by atoms with E-state index in [4.69, 9.17) is 0 Å². The van der Waals surface area contributed by atoms with Gasteiger partial charge in [-0.15, -0.1) is 11.3 Å². The molecule has 0 bridgehead atoms. The van der Waals surface area contributed by atoms with E-state index in [9.17, 15) is 18.0 Å². The molecule has 0 fully saturated rings. The number of rotatable bonds is 1. The van der Waals surface area contributed by atoms with Crippen molar-refractivity contribution in [3.63, 3.8) is 0 Å². The van der Waals surface area contributed by atoms with Crippen LogP contribution in [0.15, 0.2) is 0 Å². The Bertz CT molecular complexity index is 415. The second kappa shape index (κ2) is 3.84. The Morgan fingerprint density at radius 2 is 1.75 bits per heavy atom. The van der Waals surface area contributed by atoms with Gasteiger partial charge in [-0.25, -0.2) is 4.98 Å². The lowest BCUT2D eigenvalue weighted by atomic mass is 9.89. The molecule has 1 rings (SSSR count). The largest absolute Gasteiger partial charge is 0.434 e. The first-order valence-electron chi connectivity index (χ1n) is 4.63. The van der Waals surface area contributed by atoms with Crippen LogP contribution in [0.1, 0.15) is 41.1 Å². The molecule has 1 aromatic heterocycles. The number of ketones is 1. The highest BCUT2D eigenvalue weighted by atomic mass is 32.1. The van der Waals surface area contributed by atoms with Gasteiger partial charge in [0.1, 0.15) is 4.88 Å². The van der Waals surface area contributed by atoms with Gasteiger partial charge in [0, 0.05) is 5.41 Å². The lowest BCUT2D eigenvalue weighted by Crippen LogP contribution is -2.22. The van der Waals surface area contributed by atoms with Gasteiger partial charge in [0.05, 0.1) is 5.01 Å². The summed E-state index contributed by atoms with van der Waals surface area (Å²) in [5.41, 5.74) is -1.89. The highest BCUT2D eigenvalue weighted by Crippen LogP contribution is 2.37. The standard InChI is InChI=1S/C10H12F3NOS/c1-5-14-7(10(11,12)13)6(16-5)8(15)9(2,3)4/h1-4H3. The van der Waals surface area contributed by atoms with Crippen molar-refractivity contribution < 1.29 is 18.0 Å². The van der Waals surface area contributed by atoms with Crippen molar-refractivity contribution in [1.82, 2.24) is 4.98 Å². The number of carbonyl (C=O) groups excluding carboxylic acids is 1. The molecule has 0 atom stereocenters. The fraction of sp³-hybridized carbons (Fsp3) is 0.600. The molecular formula is C10H12F3NOS. The maximum absolute atomic E-state index is 12.6. The number of Topliss-reactive ketones (excluding diaryl/α,β-unsaturated/α-hetero) is 1. The Balaban J connectivity index is 3.30. The Morgan fingerprint density at radius 3 is 2.12 bits per heavy atom. The van der Waals surface area contributed by atoms with E-state index in [0.717, 1.165) is 11.3 Å². The van der Waals surface area contributed by atoms with E-state index in [1.807, 2.05) is 0 Å². The van der Waals surface area contributed by atoms with Crippen LogP contribution in [0.4, 0.5) is 13.2 Å². The predicted octanol–water partition coefficient (Wildman–Crippen LogP) is 3.70. The average molecular weight is 251 g/mol. The normalized spacial score (nSPS) is 12.9. The molecule has 6 heteroatoms. The molecule has 1 aromatic rings. The molecule has 0 amide bonds. The Hall–Kier alpha value is -0.910. The summed E-state index contributed by atoms with van der Waals surface area (Å²) >= 11 is 0.796. The van der Waals surface area contributed by atoms with Crippen LogP contribution in [0, 0.1) is 12.3 Å². The van der Waals surface area contributed by atoms with Gasteiger partial charge in [0.25, 0.3) is 0 Å². The number of hydrogen-bond acceptors (Lipinski definition) is 3. The van der Waals surface area contributed by atoms with Gasteiger partial charge in [-0.3, -0.25) is 4.79 Å². The highest BCUT2D eigenvalue weighted by molar-refractivity contribution is 7.13. The van der Waals surface area contributed by atoms with E-state index in [1.54, 1.807) is 20.8 Å². The van der Waals surface area contributed by atoms with Crippen LogP contribution in [0.3, 0.4) is 0 Å². The van der Waals surface area contributed by atoms with Gasteiger partial charge >= 0.3 is 6.18 Å². The first-order chi connectivity index (χ1) is 7.03. The number of carbonyl (C=O) groups is 1. The number of thiazole rings is 1. The number of aromatic nitrogens is 1. The SMILES string of the molecule is Cc1nc(C(F)(F)F)c(C(=O)C(C)(C)C)s1. The average Bonchev–Trinajstić information content (AvgIpc) is 2.43. The molecule has 0 saturated carbocycles. The third-order valence-corrected chi connectivity index (χ3v) is 2.86. The number of halogens is 3. The van der Waals surface area contributed by atoms with Gasteiger partial charge < -0.3 is 0 Å². The molecule has 0 aromatic carbocycles. The molecule has 0 aliphatic rings. The molecule has 90 valence electrons. The van der Waals surface area contributed by atoms with E-state index >= 15 is 0 Å². The minimum atomic E-state index is -4.57. The molecule has 2 nitrogen and oxygen atoms in total. The van der Waals surface area contributed by atoms with Crippen LogP contribution in [0.2, 0.25) is 0 Å².